The molecule has 120 valence electrons. The maximum absolute atomic E-state index is 13.4. The van der Waals surface area contributed by atoms with Crippen molar-refractivity contribution in [3.05, 3.63) is 59.4 Å². The Morgan fingerprint density at radius 1 is 1.13 bits per heavy atom. The molecule has 2 aliphatic rings. The van der Waals surface area contributed by atoms with Gasteiger partial charge >= 0.3 is 0 Å². The highest BCUT2D eigenvalue weighted by atomic mass is 19.1. The van der Waals surface area contributed by atoms with E-state index < -0.39 is 0 Å². The van der Waals surface area contributed by atoms with Gasteiger partial charge < -0.3 is 9.80 Å². The molecule has 0 amide bonds. The summed E-state index contributed by atoms with van der Waals surface area (Å²) < 4.78 is 13.4. The first-order chi connectivity index (χ1) is 11.1. The predicted octanol–water partition coefficient (Wildman–Crippen LogP) is 3.89. The number of hydrogen-bond acceptors (Lipinski definition) is 2. The van der Waals surface area contributed by atoms with E-state index in [1.54, 1.807) is 12.1 Å². The summed E-state index contributed by atoms with van der Waals surface area (Å²) in [5.41, 5.74) is 5.10. The van der Waals surface area contributed by atoms with Gasteiger partial charge in [0.25, 0.3) is 0 Å². The molecule has 2 atom stereocenters. The summed E-state index contributed by atoms with van der Waals surface area (Å²) in [4.78, 5) is 4.62. The van der Waals surface area contributed by atoms with E-state index >= 15 is 0 Å². The molecule has 0 spiro atoms. The van der Waals surface area contributed by atoms with Crippen molar-refractivity contribution < 1.29 is 4.39 Å². The molecule has 0 aromatic heterocycles. The zero-order chi connectivity index (χ0) is 16.0. The minimum absolute atomic E-state index is 0.109. The van der Waals surface area contributed by atoms with Crippen LogP contribution < -0.4 is 9.80 Å². The van der Waals surface area contributed by atoms with Gasteiger partial charge in [-0.2, -0.15) is 0 Å². The lowest BCUT2D eigenvalue weighted by atomic mass is 9.94. The molecule has 2 aromatic rings. The van der Waals surface area contributed by atoms with Gasteiger partial charge in [-0.05, 0) is 66.6 Å². The molecule has 0 saturated carbocycles. The SMILES string of the molecule is CN(C)c1ccc(C[C@H]2C[C@@H]3Cc4cc(F)ccc4N3C2)cc1. The molecule has 2 nitrogen and oxygen atoms in total. The van der Waals surface area contributed by atoms with Crippen LogP contribution in [0.2, 0.25) is 0 Å². The van der Waals surface area contributed by atoms with E-state index in [0.717, 1.165) is 19.4 Å². The topological polar surface area (TPSA) is 6.48 Å². The molecule has 3 heteroatoms. The minimum atomic E-state index is -0.109. The quantitative estimate of drug-likeness (QED) is 0.849. The Morgan fingerprint density at radius 3 is 2.65 bits per heavy atom. The van der Waals surface area contributed by atoms with Crippen molar-refractivity contribution in [1.82, 2.24) is 0 Å². The van der Waals surface area contributed by atoms with Gasteiger partial charge in [-0.3, -0.25) is 0 Å². The molecular weight excluding hydrogens is 287 g/mol. The number of halogens is 1. The molecule has 0 N–H and O–H groups in total. The van der Waals surface area contributed by atoms with E-state index in [-0.39, 0.29) is 5.82 Å². The van der Waals surface area contributed by atoms with Crippen molar-refractivity contribution in [2.45, 2.75) is 25.3 Å². The second kappa shape index (κ2) is 5.55. The zero-order valence-electron chi connectivity index (χ0n) is 13.8. The summed E-state index contributed by atoms with van der Waals surface area (Å²) in [6.45, 7) is 1.10. The standard InChI is InChI=1S/C20H23FN2/c1-22(2)18-6-3-14(4-7-18)9-15-10-19-12-16-11-17(21)5-8-20(16)23(19)13-15/h3-8,11,15,19H,9-10,12-13H2,1-2H3/t15-,19+/m0/s1. The van der Waals surface area contributed by atoms with Crippen LogP contribution in [-0.2, 0) is 12.8 Å². The third-order valence-corrected chi connectivity index (χ3v) is 5.28. The van der Waals surface area contributed by atoms with Gasteiger partial charge in [0.05, 0.1) is 0 Å². The van der Waals surface area contributed by atoms with E-state index in [1.807, 2.05) is 6.07 Å². The lowest BCUT2D eigenvalue weighted by Crippen LogP contribution is -2.24. The van der Waals surface area contributed by atoms with Crippen molar-refractivity contribution in [2.24, 2.45) is 5.92 Å². The van der Waals surface area contributed by atoms with Crippen LogP contribution in [0.25, 0.3) is 0 Å². The Kier molecular flexibility index (Phi) is 3.51. The van der Waals surface area contributed by atoms with E-state index in [0.29, 0.717) is 12.0 Å². The normalized spacial score (nSPS) is 22.1. The minimum Gasteiger partial charge on any atom is -0.378 e. The first-order valence-electron chi connectivity index (χ1n) is 8.41. The van der Waals surface area contributed by atoms with Crippen molar-refractivity contribution in [1.29, 1.82) is 0 Å². The second-order valence-electron chi connectivity index (χ2n) is 7.15. The smallest absolute Gasteiger partial charge is 0.123 e. The molecule has 0 bridgehead atoms. The average Bonchev–Trinajstić information content (AvgIpc) is 3.04. The van der Waals surface area contributed by atoms with Gasteiger partial charge in [0.15, 0.2) is 0 Å². The first kappa shape index (κ1) is 14.6. The van der Waals surface area contributed by atoms with Gasteiger partial charge in [0, 0.05) is 38.1 Å². The molecule has 2 heterocycles. The number of rotatable bonds is 3. The fourth-order valence-electron chi connectivity index (χ4n) is 4.17. The third-order valence-electron chi connectivity index (χ3n) is 5.28. The summed E-state index contributed by atoms with van der Waals surface area (Å²) in [7, 11) is 4.14. The molecule has 23 heavy (non-hydrogen) atoms. The van der Waals surface area contributed by atoms with Crippen molar-refractivity contribution in [3.8, 4) is 0 Å². The van der Waals surface area contributed by atoms with Gasteiger partial charge in [-0.15, -0.1) is 0 Å². The molecule has 0 aliphatic carbocycles. The molecule has 1 saturated heterocycles. The van der Waals surface area contributed by atoms with E-state index in [2.05, 4.69) is 48.2 Å². The van der Waals surface area contributed by atoms with Gasteiger partial charge in [0.2, 0.25) is 0 Å². The Morgan fingerprint density at radius 2 is 1.91 bits per heavy atom. The van der Waals surface area contributed by atoms with Crippen molar-refractivity contribution >= 4 is 11.4 Å². The van der Waals surface area contributed by atoms with Crippen LogP contribution in [-0.4, -0.2) is 26.7 Å². The maximum atomic E-state index is 13.4. The highest BCUT2D eigenvalue weighted by Gasteiger charge is 2.37. The molecule has 1 fully saturated rings. The number of nitrogens with zero attached hydrogens (tertiary/aromatic N) is 2. The van der Waals surface area contributed by atoms with Gasteiger partial charge in [0.1, 0.15) is 5.82 Å². The Labute approximate surface area is 137 Å². The fourth-order valence-corrected chi connectivity index (χ4v) is 4.17. The molecule has 2 aromatic carbocycles. The predicted molar refractivity (Wildman–Crippen MR) is 93.8 cm³/mol. The lowest BCUT2D eigenvalue weighted by molar-refractivity contribution is 0.552. The molecule has 4 rings (SSSR count). The summed E-state index contributed by atoms with van der Waals surface area (Å²) in [6.07, 6.45) is 3.35. The second-order valence-corrected chi connectivity index (χ2v) is 7.15. The van der Waals surface area contributed by atoms with Crippen LogP contribution in [0.3, 0.4) is 0 Å². The van der Waals surface area contributed by atoms with Gasteiger partial charge in [-0.1, -0.05) is 12.1 Å². The van der Waals surface area contributed by atoms with Crippen molar-refractivity contribution in [2.75, 3.05) is 30.4 Å². The van der Waals surface area contributed by atoms with Crippen LogP contribution in [0.5, 0.6) is 0 Å². The van der Waals surface area contributed by atoms with E-state index in [1.165, 1.54) is 28.9 Å². The molecule has 0 unspecified atom stereocenters. The van der Waals surface area contributed by atoms with E-state index in [4.69, 9.17) is 0 Å². The Bertz CT molecular complexity index is 708. The zero-order valence-corrected chi connectivity index (χ0v) is 13.8. The molecular formula is C20H23FN2. The fraction of sp³-hybridized carbons (Fsp3) is 0.400. The maximum Gasteiger partial charge on any atom is 0.123 e. The average molecular weight is 310 g/mol. The van der Waals surface area contributed by atoms with Crippen LogP contribution in [0.4, 0.5) is 15.8 Å². The number of benzene rings is 2. The van der Waals surface area contributed by atoms with E-state index in [9.17, 15) is 4.39 Å². The Balaban J connectivity index is 1.45. The number of fused-ring (bicyclic) bond motifs is 3. The first-order valence-corrected chi connectivity index (χ1v) is 8.41. The van der Waals surface area contributed by atoms with Crippen LogP contribution in [0, 0.1) is 11.7 Å². The summed E-state index contributed by atoms with van der Waals surface area (Å²) in [5.74, 6) is 0.589. The highest BCUT2D eigenvalue weighted by Crippen LogP contribution is 2.40. The van der Waals surface area contributed by atoms with Crippen LogP contribution in [0.15, 0.2) is 42.5 Å². The van der Waals surface area contributed by atoms with Crippen molar-refractivity contribution in [3.63, 3.8) is 0 Å². The monoisotopic (exact) mass is 310 g/mol. The largest absolute Gasteiger partial charge is 0.378 e. The summed E-state index contributed by atoms with van der Waals surface area (Å²) >= 11 is 0. The van der Waals surface area contributed by atoms with Crippen LogP contribution in [0.1, 0.15) is 17.5 Å². The lowest BCUT2D eigenvalue weighted by Gasteiger charge is -2.19. The molecule has 2 aliphatic heterocycles. The number of hydrogen-bond donors (Lipinski definition) is 0. The summed E-state index contributed by atoms with van der Waals surface area (Å²) in [5, 5.41) is 0. The summed E-state index contributed by atoms with van der Waals surface area (Å²) in [6, 6.07) is 14.7. The van der Waals surface area contributed by atoms with Gasteiger partial charge in [-0.25, -0.2) is 4.39 Å². The van der Waals surface area contributed by atoms with Crippen LogP contribution >= 0.6 is 0 Å². The third kappa shape index (κ3) is 2.69. The number of anilines is 2. The Hall–Kier alpha value is -2.03. The molecule has 0 radical (unpaired) electrons. The highest BCUT2D eigenvalue weighted by molar-refractivity contribution is 5.60.